The van der Waals surface area contributed by atoms with Crippen LogP contribution in [0.4, 0.5) is 11.4 Å². The first kappa shape index (κ1) is 13.9. The second-order valence-electron chi connectivity index (χ2n) is 5.25. The third-order valence-electron chi connectivity index (χ3n) is 3.77. The molecule has 1 heterocycles. The van der Waals surface area contributed by atoms with Gasteiger partial charge in [0.1, 0.15) is 5.58 Å². The zero-order chi connectivity index (χ0) is 15.8. The quantitative estimate of drug-likeness (QED) is 0.400. The predicted molar refractivity (Wildman–Crippen MR) is 94.7 cm³/mol. The van der Waals surface area contributed by atoms with Gasteiger partial charge in [0, 0.05) is 17.1 Å². The lowest BCUT2D eigenvalue weighted by atomic mass is 10.1. The Morgan fingerprint density at radius 2 is 1.57 bits per heavy atom. The fraction of sp³-hybridized carbons (Fsp3) is 0. The molecule has 112 valence electrons. The van der Waals surface area contributed by atoms with Crippen molar-refractivity contribution in [3.05, 3.63) is 82.2 Å². The molecule has 0 saturated carbocycles. The Morgan fingerprint density at radius 1 is 0.826 bits per heavy atom. The summed E-state index contributed by atoms with van der Waals surface area (Å²) in [5, 5.41) is 6.26. The minimum atomic E-state index is -0.331. The summed E-state index contributed by atoms with van der Waals surface area (Å²) in [5.74, 6) is 0. The van der Waals surface area contributed by atoms with E-state index in [1.165, 1.54) is 0 Å². The first-order valence-electron chi connectivity index (χ1n) is 7.19. The zero-order valence-electron chi connectivity index (χ0n) is 12.0. The van der Waals surface area contributed by atoms with Gasteiger partial charge < -0.3 is 9.73 Å². The summed E-state index contributed by atoms with van der Waals surface area (Å²) in [6.07, 6.45) is 0. The highest BCUT2D eigenvalue weighted by Crippen LogP contribution is 2.29. The SMILES string of the molecule is O=c1oc2cc(Nc3ccccc3Cl)ccc2c2ccccc12. The molecule has 4 aromatic rings. The van der Waals surface area contributed by atoms with Gasteiger partial charge in [-0.2, -0.15) is 0 Å². The number of fused-ring (bicyclic) bond motifs is 3. The number of anilines is 2. The number of rotatable bonds is 2. The van der Waals surface area contributed by atoms with E-state index in [9.17, 15) is 4.79 Å². The van der Waals surface area contributed by atoms with Gasteiger partial charge in [-0.3, -0.25) is 0 Å². The van der Waals surface area contributed by atoms with Gasteiger partial charge in [-0.1, -0.05) is 41.9 Å². The van der Waals surface area contributed by atoms with Crippen molar-refractivity contribution in [2.45, 2.75) is 0 Å². The average Bonchev–Trinajstić information content (AvgIpc) is 2.57. The van der Waals surface area contributed by atoms with Crippen LogP contribution in [-0.2, 0) is 0 Å². The van der Waals surface area contributed by atoms with E-state index in [2.05, 4.69) is 5.32 Å². The van der Waals surface area contributed by atoms with Crippen LogP contribution in [-0.4, -0.2) is 0 Å². The van der Waals surface area contributed by atoms with Crippen LogP contribution in [0, 0.1) is 0 Å². The summed E-state index contributed by atoms with van der Waals surface area (Å²) in [7, 11) is 0. The molecule has 0 saturated heterocycles. The molecular weight excluding hydrogens is 310 g/mol. The summed E-state index contributed by atoms with van der Waals surface area (Å²) < 4.78 is 5.45. The molecule has 23 heavy (non-hydrogen) atoms. The van der Waals surface area contributed by atoms with Gasteiger partial charge in [0.05, 0.1) is 16.1 Å². The molecular formula is C19H12ClNO2. The summed E-state index contributed by atoms with van der Waals surface area (Å²) in [6.45, 7) is 0. The van der Waals surface area contributed by atoms with Gasteiger partial charge in [0.15, 0.2) is 0 Å². The van der Waals surface area contributed by atoms with E-state index >= 15 is 0 Å². The molecule has 0 amide bonds. The van der Waals surface area contributed by atoms with E-state index in [1.807, 2.05) is 60.7 Å². The topological polar surface area (TPSA) is 42.2 Å². The van der Waals surface area contributed by atoms with Gasteiger partial charge in [-0.15, -0.1) is 0 Å². The maximum atomic E-state index is 12.1. The molecule has 0 aliphatic rings. The van der Waals surface area contributed by atoms with Crippen molar-refractivity contribution >= 4 is 44.7 Å². The minimum Gasteiger partial charge on any atom is -0.422 e. The monoisotopic (exact) mass is 321 g/mol. The molecule has 0 atom stereocenters. The first-order chi connectivity index (χ1) is 11.2. The van der Waals surface area contributed by atoms with Crippen LogP contribution in [0.3, 0.4) is 0 Å². The Morgan fingerprint density at radius 3 is 2.39 bits per heavy atom. The molecule has 0 bridgehead atoms. The van der Waals surface area contributed by atoms with Gasteiger partial charge in [-0.25, -0.2) is 4.79 Å². The van der Waals surface area contributed by atoms with Crippen LogP contribution in [0.1, 0.15) is 0 Å². The Hall–Kier alpha value is -2.78. The van der Waals surface area contributed by atoms with E-state index in [-0.39, 0.29) is 5.63 Å². The van der Waals surface area contributed by atoms with E-state index in [0.717, 1.165) is 22.1 Å². The molecule has 4 heteroatoms. The predicted octanol–water partition coefficient (Wildman–Crippen LogP) is 5.34. The summed E-state index contributed by atoms with van der Waals surface area (Å²) in [6, 6.07) is 20.6. The number of nitrogens with one attached hydrogen (secondary N) is 1. The fourth-order valence-corrected chi connectivity index (χ4v) is 2.86. The van der Waals surface area contributed by atoms with Crippen molar-refractivity contribution in [3.8, 4) is 0 Å². The second kappa shape index (κ2) is 5.45. The molecule has 0 unspecified atom stereocenters. The van der Waals surface area contributed by atoms with E-state index in [4.69, 9.17) is 16.0 Å². The lowest BCUT2D eigenvalue weighted by molar-refractivity contribution is 0.570. The second-order valence-corrected chi connectivity index (χ2v) is 5.66. The third-order valence-corrected chi connectivity index (χ3v) is 4.10. The molecule has 0 radical (unpaired) electrons. The zero-order valence-corrected chi connectivity index (χ0v) is 12.8. The Balaban J connectivity index is 1.87. The Labute approximate surface area is 137 Å². The van der Waals surface area contributed by atoms with Crippen molar-refractivity contribution in [2.75, 3.05) is 5.32 Å². The largest absolute Gasteiger partial charge is 0.422 e. The van der Waals surface area contributed by atoms with Gasteiger partial charge >= 0.3 is 5.63 Å². The molecule has 3 nitrogen and oxygen atoms in total. The van der Waals surface area contributed by atoms with Gasteiger partial charge in [-0.05, 0) is 35.7 Å². The molecule has 0 aliphatic carbocycles. The van der Waals surface area contributed by atoms with E-state index in [1.54, 1.807) is 6.07 Å². The van der Waals surface area contributed by atoms with E-state index < -0.39 is 0 Å². The molecule has 1 N–H and O–H groups in total. The van der Waals surface area contributed by atoms with Crippen LogP contribution in [0.5, 0.6) is 0 Å². The number of para-hydroxylation sites is 1. The molecule has 0 spiro atoms. The Kier molecular flexibility index (Phi) is 3.28. The molecule has 1 aromatic heterocycles. The smallest absolute Gasteiger partial charge is 0.344 e. The maximum Gasteiger partial charge on any atom is 0.344 e. The molecule has 4 rings (SSSR count). The highest BCUT2D eigenvalue weighted by molar-refractivity contribution is 6.33. The molecule has 0 aliphatic heterocycles. The lowest BCUT2D eigenvalue weighted by Crippen LogP contribution is -2.00. The summed E-state index contributed by atoms with van der Waals surface area (Å²) in [4.78, 5) is 12.1. The summed E-state index contributed by atoms with van der Waals surface area (Å²) >= 11 is 6.16. The number of halogens is 1. The number of hydrogen-bond donors (Lipinski definition) is 1. The molecule has 0 fully saturated rings. The van der Waals surface area contributed by atoms with E-state index in [0.29, 0.717) is 16.0 Å². The Bertz CT molecular complexity index is 1090. The van der Waals surface area contributed by atoms with Crippen LogP contribution in [0.25, 0.3) is 21.7 Å². The van der Waals surface area contributed by atoms with Crippen molar-refractivity contribution in [1.82, 2.24) is 0 Å². The average molecular weight is 322 g/mol. The summed E-state index contributed by atoms with van der Waals surface area (Å²) in [5.41, 5.74) is 1.83. The third kappa shape index (κ3) is 2.45. The van der Waals surface area contributed by atoms with Crippen LogP contribution in [0.2, 0.25) is 5.02 Å². The minimum absolute atomic E-state index is 0.331. The number of benzene rings is 3. The van der Waals surface area contributed by atoms with Gasteiger partial charge in [0.25, 0.3) is 0 Å². The fourth-order valence-electron chi connectivity index (χ4n) is 2.68. The normalized spacial score (nSPS) is 11.0. The van der Waals surface area contributed by atoms with Crippen molar-refractivity contribution in [2.24, 2.45) is 0 Å². The van der Waals surface area contributed by atoms with Crippen LogP contribution < -0.4 is 10.9 Å². The van der Waals surface area contributed by atoms with Crippen LogP contribution in [0.15, 0.2) is 75.9 Å². The van der Waals surface area contributed by atoms with Crippen molar-refractivity contribution in [1.29, 1.82) is 0 Å². The van der Waals surface area contributed by atoms with Crippen molar-refractivity contribution in [3.63, 3.8) is 0 Å². The van der Waals surface area contributed by atoms with Crippen molar-refractivity contribution < 1.29 is 4.42 Å². The first-order valence-corrected chi connectivity index (χ1v) is 7.57. The number of hydrogen-bond acceptors (Lipinski definition) is 3. The van der Waals surface area contributed by atoms with Gasteiger partial charge in [0.2, 0.25) is 0 Å². The lowest BCUT2D eigenvalue weighted by Gasteiger charge is -2.09. The molecule has 3 aromatic carbocycles. The maximum absolute atomic E-state index is 12.1. The highest BCUT2D eigenvalue weighted by atomic mass is 35.5. The standard InChI is InChI=1S/C19H12ClNO2/c20-16-7-3-4-8-17(16)21-12-9-10-14-13-5-1-2-6-15(13)19(22)23-18(14)11-12/h1-11,21H. The van der Waals surface area contributed by atoms with Crippen LogP contribution >= 0.6 is 11.6 Å². The highest BCUT2D eigenvalue weighted by Gasteiger charge is 2.08.